The summed E-state index contributed by atoms with van der Waals surface area (Å²) in [6.45, 7) is 2.07. The van der Waals surface area contributed by atoms with E-state index in [0.29, 0.717) is 0 Å². The maximum absolute atomic E-state index is 8.75. The minimum absolute atomic E-state index is 0.222. The lowest BCUT2D eigenvalue weighted by Crippen LogP contribution is -1.97. The Labute approximate surface area is 80.0 Å². The highest BCUT2D eigenvalue weighted by atomic mass is 14.3. The second-order valence-corrected chi connectivity index (χ2v) is 3.26. The molecule has 1 nitrogen and oxygen atoms in total. The molecular formula is C12H15N. The van der Waals surface area contributed by atoms with Crippen molar-refractivity contribution < 1.29 is 0 Å². The van der Waals surface area contributed by atoms with Crippen LogP contribution in [0.2, 0.25) is 0 Å². The van der Waals surface area contributed by atoms with Crippen LogP contribution >= 0.6 is 0 Å². The van der Waals surface area contributed by atoms with Gasteiger partial charge in [0.2, 0.25) is 0 Å². The first-order valence-electron chi connectivity index (χ1n) is 4.80. The summed E-state index contributed by atoms with van der Waals surface area (Å²) in [5.74, 6) is 0.222. The molecule has 0 radical (unpaired) electrons. The van der Waals surface area contributed by atoms with Crippen molar-refractivity contribution in [2.45, 2.75) is 26.2 Å². The average molecular weight is 173 g/mol. The smallest absolute Gasteiger partial charge is 0.0655 e. The van der Waals surface area contributed by atoms with E-state index in [1.807, 2.05) is 18.2 Å². The first-order valence-corrected chi connectivity index (χ1v) is 4.80. The Kier molecular flexibility index (Phi) is 4.05. The molecule has 1 rings (SSSR count). The lowest BCUT2D eigenvalue weighted by atomic mass is 9.99. The predicted octanol–water partition coefficient (Wildman–Crippen LogP) is 3.17. The summed E-state index contributed by atoms with van der Waals surface area (Å²) >= 11 is 0. The van der Waals surface area contributed by atoms with Crippen molar-refractivity contribution in [1.29, 1.82) is 5.26 Å². The zero-order valence-corrected chi connectivity index (χ0v) is 8.03. The van der Waals surface area contributed by atoms with Crippen molar-refractivity contribution in [2.24, 2.45) is 5.92 Å². The predicted molar refractivity (Wildman–Crippen MR) is 54.2 cm³/mol. The van der Waals surface area contributed by atoms with Crippen molar-refractivity contribution in [3.63, 3.8) is 0 Å². The topological polar surface area (TPSA) is 23.8 Å². The Morgan fingerprint density at radius 3 is 2.54 bits per heavy atom. The van der Waals surface area contributed by atoms with Crippen LogP contribution in [0.3, 0.4) is 0 Å². The molecule has 0 saturated heterocycles. The van der Waals surface area contributed by atoms with Gasteiger partial charge in [-0.1, -0.05) is 37.3 Å². The molecule has 0 heterocycles. The molecule has 0 aliphatic heterocycles. The molecule has 1 unspecified atom stereocenters. The van der Waals surface area contributed by atoms with Gasteiger partial charge >= 0.3 is 0 Å². The molecule has 13 heavy (non-hydrogen) atoms. The van der Waals surface area contributed by atoms with E-state index in [2.05, 4.69) is 25.1 Å². The molecule has 0 N–H and O–H groups in total. The molecule has 0 aliphatic rings. The standard InChI is InChI=1S/C12H15N/c1-2-11(10-13)8-9-12-6-4-3-5-7-12/h3-7,11H,2,8-9H2,1H3. The van der Waals surface area contributed by atoms with Gasteiger partial charge in [0.25, 0.3) is 0 Å². The summed E-state index contributed by atoms with van der Waals surface area (Å²) in [5, 5.41) is 8.75. The maximum atomic E-state index is 8.75. The Bertz CT molecular complexity index is 271. The van der Waals surface area contributed by atoms with E-state index in [4.69, 9.17) is 5.26 Å². The van der Waals surface area contributed by atoms with Gasteiger partial charge in [-0.2, -0.15) is 5.26 Å². The third kappa shape index (κ3) is 3.29. The molecule has 0 amide bonds. The van der Waals surface area contributed by atoms with Crippen LogP contribution in [0.25, 0.3) is 0 Å². The Morgan fingerprint density at radius 2 is 2.00 bits per heavy atom. The van der Waals surface area contributed by atoms with Gasteiger partial charge in [0.1, 0.15) is 0 Å². The number of nitriles is 1. The van der Waals surface area contributed by atoms with Gasteiger partial charge in [0.15, 0.2) is 0 Å². The zero-order valence-electron chi connectivity index (χ0n) is 8.03. The lowest BCUT2D eigenvalue weighted by molar-refractivity contribution is 0.585. The van der Waals surface area contributed by atoms with Crippen LogP contribution in [0, 0.1) is 17.2 Å². The fourth-order valence-corrected chi connectivity index (χ4v) is 1.35. The van der Waals surface area contributed by atoms with Crippen LogP contribution in [-0.2, 0) is 6.42 Å². The number of hydrogen-bond acceptors (Lipinski definition) is 1. The summed E-state index contributed by atoms with van der Waals surface area (Å²) in [6, 6.07) is 12.7. The molecular weight excluding hydrogens is 158 g/mol. The third-order valence-electron chi connectivity index (χ3n) is 2.30. The van der Waals surface area contributed by atoms with Gasteiger partial charge in [-0.3, -0.25) is 0 Å². The summed E-state index contributed by atoms with van der Waals surface area (Å²) in [7, 11) is 0. The number of aryl methyl sites for hydroxylation is 1. The highest BCUT2D eigenvalue weighted by Gasteiger charge is 2.03. The van der Waals surface area contributed by atoms with Crippen molar-refractivity contribution >= 4 is 0 Å². The van der Waals surface area contributed by atoms with Crippen molar-refractivity contribution in [3.8, 4) is 6.07 Å². The molecule has 1 heteroatoms. The van der Waals surface area contributed by atoms with Crippen LogP contribution < -0.4 is 0 Å². The monoisotopic (exact) mass is 173 g/mol. The highest BCUT2D eigenvalue weighted by Crippen LogP contribution is 2.11. The van der Waals surface area contributed by atoms with Gasteiger partial charge in [-0.05, 0) is 24.8 Å². The summed E-state index contributed by atoms with van der Waals surface area (Å²) in [5.41, 5.74) is 1.33. The van der Waals surface area contributed by atoms with Gasteiger partial charge in [0.05, 0.1) is 6.07 Å². The van der Waals surface area contributed by atoms with Crippen LogP contribution in [-0.4, -0.2) is 0 Å². The van der Waals surface area contributed by atoms with Crippen molar-refractivity contribution in [3.05, 3.63) is 35.9 Å². The molecule has 0 aromatic heterocycles. The Hall–Kier alpha value is -1.29. The van der Waals surface area contributed by atoms with E-state index in [9.17, 15) is 0 Å². The van der Waals surface area contributed by atoms with E-state index in [-0.39, 0.29) is 5.92 Å². The molecule has 0 fully saturated rings. The van der Waals surface area contributed by atoms with Gasteiger partial charge in [0, 0.05) is 5.92 Å². The second-order valence-electron chi connectivity index (χ2n) is 3.26. The zero-order chi connectivity index (χ0) is 9.52. The minimum Gasteiger partial charge on any atom is -0.198 e. The number of benzene rings is 1. The molecule has 0 bridgehead atoms. The maximum Gasteiger partial charge on any atom is 0.0655 e. The van der Waals surface area contributed by atoms with E-state index < -0.39 is 0 Å². The normalized spacial score (nSPS) is 12.0. The number of hydrogen-bond donors (Lipinski definition) is 0. The summed E-state index contributed by atoms with van der Waals surface area (Å²) in [6.07, 6.45) is 2.97. The highest BCUT2D eigenvalue weighted by molar-refractivity contribution is 5.14. The van der Waals surface area contributed by atoms with E-state index in [1.165, 1.54) is 5.56 Å². The van der Waals surface area contributed by atoms with E-state index in [0.717, 1.165) is 19.3 Å². The molecule has 0 saturated carbocycles. The van der Waals surface area contributed by atoms with Crippen LogP contribution in [0.4, 0.5) is 0 Å². The fraction of sp³-hybridized carbons (Fsp3) is 0.417. The minimum atomic E-state index is 0.222. The Morgan fingerprint density at radius 1 is 1.31 bits per heavy atom. The molecule has 0 aliphatic carbocycles. The molecule has 1 atom stereocenters. The van der Waals surface area contributed by atoms with Crippen LogP contribution in [0.15, 0.2) is 30.3 Å². The van der Waals surface area contributed by atoms with Crippen molar-refractivity contribution in [2.75, 3.05) is 0 Å². The van der Waals surface area contributed by atoms with Gasteiger partial charge in [-0.15, -0.1) is 0 Å². The van der Waals surface area contributed by atoms with Gasteiger partial charge < -0.3 is 0 Å². The summed E-state index contributed by atoms with van der Waals surface area (Å²) < 4.78 is 0. The summed E-state index contributed by atoms with van der Waals surface area (Å²) in [4.78, 5) is 0. The third-order valence-corrected chi connectivity index (χ3v) is 2.30. The average Bonchev–Trinajstić information content (AvgIpc) is 2.21. The number of rotatable bonds is 4. The first-order chi connectivity index (χ1) is 6.36. The fourth-order valence-electron chi connectivity index (χ4n) is 1.35. The van der Waals surface area contributed by atoms with Crippen LogP contribution in [0.5, 0.6) is 0 Å². The molecule has 0 spiro atoms. The Balaban J connectivity index is 2.40. The quantitative estimate of drug-likeness (QED) is 0.686. The first kappa shape index (κ1) is 9.80. The van der Waals surface area contributed by atoms with Crippen molar-refractivity contribution in [1.82, 2.24) is 0 Å². The lowest BCUT2D eigenvalue weighted by Gasteiger charge is -2.04. The van der Waals surface area contributed by atoms with Crippen LogP contribution in [0.1, 0.15) is 25.3 Å². The molecule has 1 aromatic carbocycles. The second kappa shape index (κ2) is 5.37. The molecule has 68 valence electrons. The number of nitrogens with zero attached hydrogens (tertiary/aromatic N) is 1. The SMILES string of the molecule is CCC(C#N)CCc1ccccc1. The largest absolute Gasteiger partial charge is 0.198 e. The molecule has 1 aromatic rings. The van der Waals surface area contributed by atoms with Gasteiger partial charge in [-0.25, -0.2) is 0 Å². The van der Waals surface area contributed by atoms with E-state index >= 15 is 0 Å². The van der Waals surface area contributed by atoms with E-state index in [1.54, 1.807) is 0 Å².